The number of aliphatic carboxylic acids is 1. The predicted molar refractivity (Wildman–Crippen MR) is 222 cm³/mol. The lowest BCUT2D eigenvalue weighted by Crippen LogP contribution is -2.67. The number of allylic oxidation sites excluding steroid dienone is 1. The van der Waals surface area contributed by atoms with Crippen molar-refractivity contribution < 1.29 is 24.2 Å². The summed E-state index contributed by atoms with van der Waals surface area (Å²) in [5, 5.41) is 9.69. The van der Waals surface area contributed by atoms with Crippen molar-refractivity contribution in [2.45, 2.75) is 151 Å². The molecule has 8 heteroatoms. The number of hydrogen-bond donors (Lipinski definition) is 2. The van der Waals surface area contributed by atoms with Crippen LogP contribution in [0.5, 0.6) is 0 Å². The fourth-order valence-electron chi connectivity index (χ4n) is 16.4. The molecule has 2 heterocycles. The van der Waals surface area contributed by atoms with E-state index >= 15 is 4.79 Å². The van der Waals surface area contributed by atoms with Gasteiger partial charge in [-0.1, -0.05) is 72.8 Å². The number of likely N-dealkylation sites (tertiary alicyclic amines) is 1. The van der Waals surface area contributed by atoms with Crippen molar-refractivity contribution in [3.63, 3.8) is 0 Å². The first kappa shape index (κ1) is 39.3. The summed E-state index contributed by atoms with van der Waals surface area (Å²) in [6.07, 6.45) is 12.8. The number of nitrogens with one attached hydrogen (secondary N) is 1. The van der Waals surface area contributed by atoms with Gasteiger partial charge >= 0.3 is 11.9 Å². The van der Waals surface area contributed by atoms with Gasteiger partial charge in [0.25, 0.3) is 0 Å². The van der Waals surface area contributed by atoms with Crippen molar-refractivity contribution in [3.05, 3.63) is 42.2 Å². The largest absolute Gasteiger partial charge is 0.481 e. The summed E-state index contributed by atoms with van der Waals surface area (Å²) in [4.78, 5) is 51.8. The van der Waals surface area contributed by atoms with Crippen molar-refractivity contribution in [1.29, 1.82) is 0 Å². The molecule has 7 fully saturated rings. The van der Waals surface area contributed by atoms with Crippen LogP contribution in [0, 0.1) is 73.9 Å². The van der Waals surface area contributed by atoms with Gasteiger partial charge in [0.1, 0.15) is 11.9 Å². The lowest BCUT2D eigenvalue weighted by atomic mass is 9.32. The number of amides is 1. The number of esters is 1. The third kappa shape index (κ3) is 5.28. The predicted octanol–water partition coefficient (Wildman–Crippen LogP) is 10.5. The van der Waals surface area contributed by atoms with E-state index in [1.54, 1.807) is 0 Å². The molecule has 6 aliphatic carbocycles. The molecule has 0 spiro atoms. The highest BCUT2D eigenvalue weighted by Crippen LogP contribution is 2.78. The summed E-state index contributed by atoms with van der Waals surface area (Å²) in [5.41, 5.74) is 2.53. The maximum absolute atomic E-state index is 15.5. The Morgan fingerprint density at radius 3 is 2.30 bits per heavy atom. The Labute approximate surface area is 340 Å². The third-order valence-corrected chi connectivity index (χ3v) is 19.8. The van der Waals surface area contributed by atoms with Gasteiger partial charge in [-0.3, -0.25) is 14.4 Å². The lowest BCUT2D eigenvalue weighted by molar-refractivity contribution is -0.251. The van der Waals surface area contributed by atoms with E-state index in [9.17, 15) is 14.7 Å². The molecule has 1 aliphatic heterocycles. The monoisotopic (exact) mass is 780 g/mol. The molecule has 2 N–H and O–H groups in total. The van der Waals surface area contributed by atoms with E-state index in [0.717, 1.165) is 94.0 Å². The van der Waals surface area contributed by atoms with Crippen molar-refractivity contribution in [1.82, 2.24) is 14.9 Å². The molecule has 2 aromatic rings. The maximum atomic E-state index is 15.5. The first-order valence-corrected chi connectivity index (χ1v) is 22.7. The van der Waals surface area contributed by atoms with E-state index in [0.29, 0.717) is 41.9 Å². The van der Waals surface area contributed by atoms with Crippen molar-refractivity contribution >= 4 is 28.9 Å². The number of ether oxygens (including phenoxy) is 1. The standard InChI is InChI=1S/C49H69N3O5/c1-28(2)29-18-23-49(43(56)52-26-12-15-35(52)40-50-33-13-10-11-14-34(33)51-40)25-24-47(8)30(39(29)49)16-17-37-46(7)21-20-38(45(5,6)36(46)19-22-48(37,47)9)57-42(55)32-27-31(41(53)54)44(32,3)4/h10-11,13-14,29-32,35-39H,1,12,15-27H2,2-9H3,(H,50,51)(H,53,54)/t29-,30+,31-,32+,35-,36-,37+,38-,39+,46-,47+,48+,49-/m0/s1. The van der Waals surface area contributed by atoms with E-state index in [1.807, 2.05) is 26.0 Å². The SMILES string of the molecule is C=C(C)[C@@H]1CC[C@]2(C(=O)N3CCC[C@H]3c3nc4ccccc4[nH]3)CC[C@]3(C)[C@H](CC[C@@H]4[C@@]5(C)CC[C@H](OC(=O)[C@H]6C[C@@H](C(=O)O)C6(C)C)C(C)(C)[C@@H]5CC[C@]43C)[C@@H]12. The normalized spacial score (nSPS) is 44.2. The van der Waals surface area contributed by atoms with Gasteiger partial charge < -0.3 is 19.7 Å². The number of carboxylic acid groups (broad SMARTS) is 1. The molecule has 7 aliphatic rings. The zero-order chi connectivity index (χ0) is 40.7. The van der Waals surface area contributed by atoms with E-state index in [1.165, 1.54) is 12.0 Å². The molecule has 57 heavy (non-hydrogen) atoms. The number of imidazole rings is 1. The molecule has 8 nitrogen and oxygen atoms in total. The van der Waals surface area contributed by atoms with Crippen LogP contribution >= 0.6 is 0 Å². The first-order valence-electron chi connectivity index (χ1n) is 22.7. The van der Waals surface area contributed by atoms with Gasteiger partial charge in [-0.05, 0) is 154 Å². The average molecular weight is 780 g/mol. The number of benzene rings is 1. The summed E-state index contributed by atoms with van der Waals surface area (Å²) < 4.78 is 6.46. The van der Waals surface area contributed by atoms with Gasteiger partial charge in [0.15, 0.2) is 0 Å². The fourth-order valence-corrected chi connectivity index (χ4v) is 16.4. The molecule has 1 amide bonds. The third-order valence-electron chi connectivity index (χ3n) is 19.8. The Balaban J connectivity index is 0.979. The van der Waals surface area contributed by atoms with E-state index in [4.69, 9.17) is 9.72 Å². The van der Waals surface area contributed by atoms with Crippen LogP contribution in [-0.4, -0.2) is 50.5 Å². The Kier molecular flexibility index (Phi) is 8.91. The highest BCUT2D eigenvalue weighted by atomic mass is 16.5. The van der Waals surface area contributed by atoms with Gasteiger partial charge in [-0.2, -0.15) is 0 Å². The molecule has 0 unspecified atom stereocenters. The fraction of sp³-hybridized carbons (Fsp3) is 0.755. The van der Waals surface area contributed by atoms with E-state index < -0.39 is 17.3 Å². The molecular weight excluding hydrogens is 711 g/mol. The lowest BCUT2D eigenvalue weighted by Gasteiger charge is -2.73. The number of aromatic amines is 1. The van der Waals surface area contributed by atoms with E-state index in [-0.39, 0.29) is 51.1 Å². The van der Waals surface area contributed by atoms with Crippen LogP contribution < -0.4 is 0 Å². The van der Waals surface area contributed by atoms with Crippen LogP contribution in [0.2, 0.25) is 0 Å². The van der Waals surface area contributed by atoms with Gasteiger partial charge in [-0.25, -0.2) is 4.98 Å². The number of carboxylic acids is 1. The van der Waals surface area contributed by atoms with Crippen LogP contribution in [0.25, 0.3) is 11.0 Å². The Hall–Kier alpha value is -3.16. The topological polar surface area (TPSA) is 113 Å². The molecule has 13 atom stereocenters. The summed E-state index contributed by atoms with van der Waals surface area (Å²) >= 11 is 0. The molecular formula is C49H69N3O5. The second-order valence-electron chi connectivity index (χ2n) is 22.4. The van der Waals surface area contributed by atoms with Gasteiger partial charge in [0, 0.05) is 12.0 Å². The zero-order valence-electron chi connectivity index (χ0n) is 36.1. The molecule has 1 aromatic heterocycles. The maximum Gasteiger partial charge on any atom is 0.309 e. The minimum Gasteiger partial charge on any atom is -0.481 e. The number of rotatable bonds is 6. The summed E-state index contributed by atoms with van der Waals surface area (Å²) in [6.45, 7) is 24.0. The molecule has 0 radical (unpaired) electrons. The highest BCUT2D eigenvalue weighted by molar-refractivity contribution is 5.85. The number of fused-ring (bicyclic) bond motifs is 8. The van der Waals surface area contributed by atoms with Crippen LogP contribution in [0.3, 0.4) is 0 Å². The van der Waals surface area contributed by atoms with Gasteiger partial charge in [-0.15, -0.1) is 0 Å². The first-order chi connectivity index (χ1) is 26.8. The number of aromatic nitrogens is 2. The van der Waals surface area contributed by atoms with Crippen LogP contribution in [0.1, 0.15) is 151 Å². The number of hydrogen-bond acceptors (Lipinski definition) is 5. The smallest absolute Gasteiger partial charge is 0.309 e. The molecule has 1 aromatic carbocycles. The second-order valence-corrected chi connectivity index (χ2v) is 22.4. The summed E-state index contributed by atoms with van der Waals surface area (Å²) in [7, 11) is 0. The molecule has 6 saturated carbocycles. The van der Waals surface area contributed by atoms with Crippen LogP contribution in [-0.2, 0) is 19.1 Å². The Morgan fingerprint density at radius 1 is 0.842 bits per heavy atom. The quantitative estimate of drug-likeness (QED) is 0.223. The average Bonchev–Trinajstić information content (AvgIpc) is 3.90. The van der Waals surface area contributed by atoms with E-state index in [2.05, 4.69) is 70.1 Å². The van der Waals surface area contributed by atoms with Gasteiger partial charge in [0.2, 0.25) is 5.91 Å². The number of para-hydroxylation sites is 2. The van der Waals surface area contributed by atoms with Gasteiger partial charge in [0.05, 0.1) is 34.3 Å². The second kappa shape index (κ2) is 12.9. The number of nitrogens with zero attached hydrogens (tertiary/aromatic N) is 2. The highest BCUT2D eigenvalue weighted by Gasteiger charge is 2.72. The molecule has 310 valence electrons. The number of carbonyl (C=O) groups excluding carboxylic acids is 2. The van der Waals surface area contributed by atoms with Crippen molar-refractivity contribution in [2.24, 2.45) is 73.9 Å². The molecule has 1 saturated heterocycles. The number of carbonyl (C=O) groups is 3. The van der Waals surface area contributed by atoms with Crippen LogP contribution in [0.15, 0.2) is 36.4 Å². The molecule has 9 rings (SSSR count). The molecule has 0 bridgehead atoms. The Morgan fingerprint density at radius 2 is 1.60 bits per heavy atom. The minimum absolute atomic E-state index is 0.000201. The van der Waals surface area contributed by atoms with Crippen LogP contribution in [0.4, 0.5) is 0 Å². The van der Waals surface area contributed by atoms with Crippen molar-refractivity contribution in [2.75, 3.05) is 6.54 Å². The summed E-state index contributed by atoms with van der Waals surface area (Å²) in [5.74, 6) is 1.60. The minimum atomic E-state index is -0.816. The number of H-pyrrole nitrogens is 1. The van der Waals surface area contributed by atoms with Crippen molar-refractivity contribution in [3.8, 4) is 0 Å². The summed E-state index contributed by atoms with van der Waals surface area (Å²) in [6, 6.07) is 8.22. The zero-order valence-corrected chi connectivity index (χ0v) is 36.1. The Bertz CT molecular complexity index is 1970.